The number of aromatic amines is 1. The minimum absolute atomic E-state index is 0.0947. The maximum Gasteiger partial charge on any atom is 0.270 e. The van der Waals surface area contributed by atoms with Gasteiger partial charge in [-0.1, -0.05) is 13.0 Å². The van der Waals surface area contributed by atoms with Crippen LogP contribution < -0.4 is 15.8 Å². The number of H-pyrrole nitrogens is 1. The molecule has 0 unspecified atom stereocenters. The monoisotopic (exact) mass is 432 g/mol. The van der Waals surface area contributed by atoms with Gasteiger partial charge in [-0.25, -0.2) is 9.97 Å². The molecule has 1 spiro atoms. The third-order valence-electron chi connectivity index (χ3n) is 6.60. The molecular weight excluding hydrogens is 404 g/mol. The first-order valence-corrected chi connectivity index (χ1v) is 11.1. The highest BCUT2D eigenvalue weighted by Crippen LogP contribution is 2.43. The second kappa shape index (κ2) is 7.70. The lowest BCUT2D eigenvalue weighted by molar-refractivity contribution is -0.0273. The van der Waals surface area contributed by atoms with Crippen molar-refractivity contribution >= 4 is 22.6 Å². The average Bonchev–Trinajstić information content (AvgIpc) is 2.73. The van der Waals surface area contributed by atoms with Crippen molar-refractivity contribution in [1.29, 1.82) is 0 Å². The third-order valence-corrected chi connectivity index (χ3v) is 6.60. The summed E-state index contributed by atoms with van der Waals surface area (Å²) in [7, 11) is 1.62. The van der Waals surface area contributed by atoms with Gasteiger partial charge in [-0.05, 0) is 43.2 Å². The van der Waals surface area contributed by atoms with Crippen molar-refractivity contribution in [3.05, 3.63) is 63.3 Å². The molecule has 0 atom stereocenters. The molecule has 2 aliphatic rings. The van der Waals surface area contributed by atoms with Crippen LogP contribution >= 0.6 is 0 Å². The summed E-state index contributed by atoms with van der Waals surface area (Å²) in [6.45, 7) is 8.93. The smallest absolute Gasteiger partial charge is 0.270 e. The Balaban J connectivity index is 1.19. The second-order valence-corrected chi connectivity index (χ2v) is 9.10. The Morgan fingerprint density at radius 2 is 1.94 bits per heavy atom. The van der Waals surface area contributed by atoms with Crippen molar-refractivity contribution in [3.63, 3.8) is 0 Å². The molecular formula is C24H28N6O2. The summed E-state index contributed by atoms with van der Waals surface area (Å²) in [6, 6.07) is 9.95. The van der Waals surface area contributed by atoms with Crippen LogP contribution in [0.2, 0.25) is 0 Å². The van der Waals surface area contributed by atoms with Gasteiger partial charge in [0.2, 0.25) is 0 Å². The van der Waals surface area contributed by atoms with Gasteiger partial charge in [-0.2, -0.15) is 0 Å². The Labute approximate surface area is 186 Å². The molecule has 2 aromatic heterocycles. The van der Waals surface area contributed by atoms with Gasteiger partial charge in [0.05, 0.1) is 22.4 Å². The van der Waals surface area contributed by atoms with E-state index in [9.17, 15) is 9.59 Å². The predicted molar refractivity (Wildman–Crippen MR) is 124 cm³/mol. The standard InChI is InChI=1S/C24H28N6O2/c1-4-17-23(32)28-20-9-16(5-6-18(20)27-17)10-29-11-24(12-29)13-30(14-24)21-8-7-19(22(31)25-3)26-15(21)2/h5-9H,4,10-14H2,1-3H3,(H,25,31)(H,28,32). The zero-order valence-electron chi connectivity index (χ0n) is 18.7. The van der Waals surface area contributed by atoms with E-state index < -0.39 is 0 Å². The molecule has 166 valence electrons. The Morgan fingerprint density at radius 1 is 1.16 bits per heavy atom. The van der Waals surface area contributed by atoms with Gasteiger partial charge in [-0.3, -0.25) is 14.5 Å². The van der Waals surface area contributed by atoms with E-state index in [4.69, 9.17) is 0 Å². The molecule has 2 aliphatic heterocycles. The molecule has 32 heavy (non-hydrogen) atoms. The van der Waals surface area contributed by atoms with Crippen LogP contribution in [0.5, 0.6) is 0 Å². The number of carbonyl (C=O) groups is 1. The van der Waals surface area contributed by atoms with Gasteiger partial charge in [0.15, 0.2) is 0 Å². The number of benzene rings is 1. The zero-order chi connectivity index (χ0) is 22.5. The van der Waals surface area contributed by atoms with E-state index in [1.54, 1.807) is 13.1 Å². The van der Waals surface area contributed by atoms with Crippen molar-refractivity contribution < 1.29 is 4.79 Å². The first-order chi connectivity index (χ1) is 15.4. The molecule has 2 fully saturated rings. The molecule has 2 saturated heterocycles. The van der Waals surface area contributed by atoms with Gasteiger partial charge in [0, 0.05) is 45.2 Å². The molecule has 1 amide bonds. The fraction of sp³-hybridized carbons (Fsp3) is 0.417. The summed E-state index contributed by atoms with van der Waals surface area (Å²) >= 11 is 0. The predicted octanol–water partition coefficient (Wildman–Crippen LogP) is 1.87. The maximum absolute atomic E-state index is 12.1. The molecule has 0 aliphatic carbocycles. The lowest BCUT2D eigenvalue weighted by Gasteiger charge is -2.61. The maximum atomic E-state index is 12.1. The van der Waals surface area contributed by atoms with Crippen molar-refractivity contribution in [2.45, 2.75) is 26.8 Å². The van der Waals surface area contributed by atoms with Crippen molar-refractivity contribution in [3.8, 4) is 0 Å². The molecule has 1 aromatic carbocycles. The average molecular weight is 433 g/mol. The Bertz CT molecular complexity index is 1250. The number of likely N-dealkylation sites (tertiary alicyclic amines) is 1. The summed E-state index contributed by atoms with van der Waals surface area (Å²) in [6.07, 6.45) is 0.633. The first-order valence-electron chi connectivity index (χ1n) is 11.1. The fourth-order valence-corrected chi connectivity index (χ4v) is 5.06. The Morgan fingerprint density at radius 3 is 2.62 bits per heavy atom. The third kappa shape index (κ3) is 3.54. The summed E-state index contributed by atoms with van der Waals surface area (Å²) in [5.74, 6) is -0.159. The molecule has 3 aromatic rings. The number of pyridine rings is 1. The number of aromatic nitrogens is 3. The van der Waals surface area contributed by atoms with Gasteiger partial charge < -0.3 is 15.2 Å². The molecule has 0 saturated carbocycles. The summed E-state index contributed by atoms with van der Waals surface area (Å²) in [4.78, 5) is 40.5. The first kappa shape index (κ1) is 20.6. The van der Waals surface area contributed by atoms with Crippen LogP contribution in [0.3, 0.4) is 0 Å². The van der Waals surface area contributed by atoms with Gasteiger partial charge in [0.25, 0.3) is 11.5 Å². The number of nitrogens with one attached hydrogen (secondary N) is 2. The van der Waals surface area contributed by atoms with Crippen LogP contribution in [0.1, 0.15) is 34.4 Å². The quantitative estimate of drug-likeness (QED) is 0.639. The van der Waals surface area contributed by atoms with E-state index >= 15 is 0 Å². The number of hydrogen-bond acceptors (Lipinski definition) is 6. The number of carbonyl (C=O) groups excluding carboxylic acids is 1. The van der Waals surface area contributed by atoms with Gasteiger partial charge in [0.1, 0.15) is 11.4 Å². The van der Waals surface area contributed by atoms with Crippen molar-refractivity contribution in [2.75, 3.05) is 38.1 Å². The zero-order valence-corrected chi connectivity index (χ0v) is 18.7. The number of anilines is 1. The number of fused-ring (bicyclic) bond motifs is 1. The molecule has 8 nitrogen and oxygen atoms in total. The van der Waals surface area contributed by atoms with Crippen LogP contribution in [0.15, 0.2) is 35.1 Å². The van der Waals surface area contributed by atoms with E-state index in [0.717, 1.165) is 55.1 Å². The van der Waals surface area contributed by atoms with Crippen molar-refractivity contribution in [1.82, 2.24) is 25.2 Å². The molecule has 4 heterocycles. The van der Waals surface area contributed by atoms with Crippen LogP contribution in [0.4, 0.5) is 5.69 Å². The largest absolute Gasteiger partial charge is 0.369 e. The highest BCUT2D eigenvalue weighted by molar-refractivity contribution is 5.92. The summed E-state index contributed by atoms with van der Waals surface area (Å²) in [5, 5.41) is 2.62. The number of rotatable bonds is 5. The minimum Gasteiger partial charge on any atom is -0.369 e. The second-order valence-electron chi connectivity index (χ2n) is 9.10. The Kier molecular flexibility index (Phi) is 4.97. The van der Waals surface area contributed by atoms with Gasteiger partial charge >= 0.3 is 0 Å². The van der Waals surface area contributed by atoms with E-state index in [1.807, 2.05) is 32.0 Å². The highest BCUT2D eigenvalue weighted by Gasteiger charge is 2.51. The van der Waals surface area contributed by atoms with E-state index in [-0.39, 0.29) is 11.5 Å². The molecule has 8 heteroatoms. The highest BCUT2D eigenvalue weighted by atomic mass is 16.1. The van der Waals surface area contributed by atoms with Gasteiger partial charge in [-0.15, -0.1) is 0 Å². The lowest BCUT2D eigenvalue weighted by atomic mass is 9.72. The van der Waals surface area contributed by atoms with Crippen LogP contribution in [-0.2, 0) is 13.0 Å². The number of aryl methyl sites for hydroxylation is 2. The van der Waals surface area contributed by atoms with Crippen LogP contribution in [-0.4, -0.2) is 59.0 Å². The number of amides is 1. The lowest BCUT2D eigenvalue weighted by Crippen LogP contribution is -2.72. The molecule has 5 rings (SSSR count). The van der Waals surface area contributed by atoms with E-state index in [1.165, 1.54) is 5.56 Å². The molecule has 0 bridgehead atoms. The fourth-order valence-electron chi connectivity index (χ4n) is 5.06. The minimum atomic E-state index is -0.159. The molecule has 0 radical (unpaired) electrons. The van der Waals surface area contributed by atoms with E-state index in [0.29, 0.717) is 23.2 Å². The Hall–Kier alpha value is -3.26. The van der Waals surface area contributed by atoms with Crippen LogP contribution in [0, 0.1) is 12.3 Å². The number of hydrogen-bond donors (Lipinski definition) is 2. The summed E-state index contributed by atoms with van der Waals surface area (Å²) < 4.78 is 0. The summed E-state index contributed by atoms with van der Waals surface area (Å²) in [5.41, 5.74) is 6.12. The van der Waals surface area contributed by atoms with Crippen LogP contribution in [0.25, 0.3) is 11.0 Å². The van der Waals surface area contributed by atoms with Crippen molar-refractivity contribution in [2.24, 2.45) is 5.41 Å². The number of nitrogens with zero attached hydrogens (tertiary/aromatic N) is 4. The SMILES string of the molecule is CCc1nc2ccc(CN3CC4(C3)CN(c3ccc(C(=O)NC)nc3C)C4)cc2[nH]c1=O. The topological polar surface area (TPSA) is 94.2 Å². The normalized spacial score (nSPS) is 17.3. The van der Waals surface area contributed by atoms with E-state index in [2.05, 4.69) is 36.1 Å². The molecule has 2 N–H and O–H groups in total.